The SMILES string of the molecule is CC(=O)NC(CC(=O)N1CCCCO1)c1cccs1. The average molecular weight is 282 g/mol. The van der Waals surface area contributed by atoms with E-state index in [-0.39, 0.29) is 24.3 Å². The quantitative estimate of drug-likeness (QED) is 0.917. The van der Waals surface area contributed by atoms with Crippen molar-refractivity contribution in [3.8, 4) is 0 Å². The van der Waals surface area contributed by atoms with Crippen LogP contribution in [0.1, 0.15) is 37.1 Å². The van der Waals surface area contributed by atoms with Crippen LogP contribution in [0.15, 0.2) is 17.5 Å². The number of nitrogens with one attached hydrogen (secondary N) is 1. The largest absolute Gasteiger partial charge is 0.348 e. The van der Waals surface area contributed by atoms with Gasteiger partial charge in [-0.1, -0.05) is 6.07 Å². The molecule has 0 saturated carbocycles. The zero-order valence-electron chi connectivity index (χ0n) is 10.9. The van der Waals surface area contributed by atoms with Crippen molar-refractivity contribution in [2.75, 3.05) is 13.2 Å². The van der Waals surface area contributed by atoms with Crippen LogP contribution in [0.4, 0.5) is 0 Å². The van der Waals surface area contributed by atoms with Gasteiger partial charge in [0.05, 0.1) is 19.1 Å². The lowest BCUT2D eigenvalue weighted by molar-refractivity contribution is -0.197. The van der Waals surface area contributed by atoms with E-state index in [1.54, 1.807) is 0 Å². The Kier molecular flexibility index (Phi) is 4.93. The monoisotopic (exact) mass is 282 g/mol. The van der Waals surface area contributed by atoms with Gasteiger partial charge in [0.25, 0.3) is 0 Å². The predicted octanol–water partition coefficient (Wildman–Crippen LogP) is 1.87. The lowest BCUT2D eigenvalue weighted by Crippen LogP contribution is -2.38. The van der Waals surface area contributed by atoms with E-state index in [9.17, 15) is 9.59 Å². The first-order valence-electron chi connectivity index (χ1n) is 6.40. The van der Waals surface area contributed by atoms with Gasteiger partial charge in [0.1, 0.15) is 0 Å². The Morgan fingerprint density at radius 3 is 2.95 bits per heavy atom. The van der Waals surface area contributed by atoms with Gasteiger partial charge in [-0.25, -0.2) is 5.06 Å². The van der Waals surface area contributed by atoms with Crippen LogP contribution >= 0.6 is 11.3 Å². The Hall–Kier alpha value is -1.40. The molecule has 1 unspecified atom stereocenters. The van der Waals surface area contributed by atoms with Crippen molar-refractivity contribution in [2.24, 2.45) is 0 Å². The summed E-state index contributed by atoms with van der Waals surface area (Å²) < 4.78 is 0. The highest BCUT2D eigenvalue weighted by molar-refractivity contribution is 7.10. The van der Waals surface area contributed by atoms with Gasteiger partial charge in [0.2, 0.25) is 11.8 Å². The maximum Gasteiger partial charge on any atom is 0.248 e. The average Bonchev–Trinajstić information content (AvgIpc) is 2.92. The maximum atomic E-state index is 12.1. The van der Waals surface area contributed by atoms with Crippen LogP contribution in [-0.2, 0) is 14.4 Å². The number of thiophene rings is 1. The Labute approximate surface area is 116 Å². The molecule has 19 heavy (non-hydrogen) atoms. The van der Waals surface area contributed by atoms with Crippen molar-refractivity contribution in [1.82, 2.24) is 10.4 Å². The fourth-order valence-electron chi connectivity index (χ4n) is 2.03. The van der Waals surface area contributed by atoms with E-state index in [0.29, 0.717) is 13.2 Å². The van der Waals surface area contributed by atoms with Crippen molar-refractivity contribution < 1.29 is 14.4 Å². The van der Waals surface area contributed by atoms with E-state index >= 15 is 0 Å². The lowest BCUT2D eigenvalue weighted by atomic mass is 10.1. The molecule has 1 saturated heterocycles. The fourth-order valence-corrected chi connectivity index (χ4v) is 2.81. The number of carbonyl (C=O) groups is 2. The van der Waals surface area contributed by atoms with Gasteiger partial charge in [-0.05, 0) is 24.3 Å². The van der Waals surface area contributed by atoms with Gasteiger partial charge < -0.3 is 5.32 Å². The van der Waals surface area contributed by atoms with Gasteiger partial charge in [0.15, 0.2) is 0 Å². The molecule has 2 rings (SSSR count). The molecule has 1 aliphatic heterocycles. The highest BCUT2D eigenvalue weighted by Gasteiger charge is 2.23. The summed E-state index contributed by atoms with van der Waals surface area (Å²) in [6, 6.07) is 3.57. The summed E-state index contributed by atoms with van der Waals surface area (Å²) in [5.74, 6) is -0.211. The van der Waals surface area contributed by atoms with Crippen LogP contribution in [0.5, 0.6) is 0 Å². The van der Waals surface area contributed by atoms with E-state index in [1.165, 1.54) is 23.3 Å². The van der Waals surface area contributed by atoms with E-state index in [4.69, 9.17) is 4.84 Å². The Morgan fingerprint density at radius 2 is 2.37 bits per heavy atom. The molecule has 6 heteroatoms. The van der Waals surface area contributed by atoms with Gasteiger partial charge in [-0.2, -0.15) is 0 Å². The topological polar surface area (TPSA) is 58.6 Å². The summed E-state index contributed by atoms with van der Waals surface area (Å²) in [5, 5.41) is 6.18. The minimum atomic E-state index is -0.268. The lowest BCUT2D eigenvalue weighted by Gasteiger charge is -2.27. The number of nitrogens with zero attached hydrogens (tertiary/aromatic N) is 1. The Balaban J connectivity index is 1.99. The van der Waals surface area contributed by atoms with E-state index < -0.39 is 0 Å². The molecule has 0 aliphatic carbocycles. The van der Waals surface area contributed by atoms with Crippen molar-refractivity contribution in [3.63, 3.8) is 0 Å². The summed E-state index contributed by atoms with van der Waals surface area (Å²) in [5.41, 5.74) is 0. The molecule has 1 fully saturated rings. The predicted molar refractivity (Wildman–Crippen MR) is 72.4 cm³/mol. The third-order valence-corrected chi connectivity index (χ3v) is 3.91. The third kappa shape index (κ3) is 4.04. The number of carbonyl (C=O) groups excluding carboxylic acids is 2. The molecule has 2 amide bonds. The fraction of sp³-hybridized carbons (Fsp3) is 0.538. The molecule has 1 atom stereocenters. The van der Waals surface area contributed by atoms with Crippen molar-refractivity contribution in [3.05, 3.63) is 22.4 Å². The maximum absolute atomic E-state index is 12.1. The third-order valence-electron chi connectivity index (χ3n) is 2.92. The molecular formula is C13H18N2O3S. The minimum absolute atomic E-state index is 0.0770. The van der Waals surface area contributed by atoms with Crippen LogP contribution in [0.25, 0.3) is 0 Å². The molecule has 1 aromatic heterocycles. The normalized spacial score (nSPS) is 17.0. The zero-order chi connectivity index (χ0) is 13.7. The minimum Gasteiger partial charge on any atom is -0.348 e. The second kappa shape index (κ2) is 6.68. The number of rotatable bonds is 4. The summed E-state index contributed by atoms with van der Waals surface area (Å²) >= 11 is 1.54. The molecule has 2 heterocycles. The zero-order valence-corrected chi connectivity index (χ0v) is 11.7. The summed E-state index contributed by atoms with van der Waals surface area (Å²) in [4.78, 5) is 29.7. The van der Waals surface area contributed by atoms with E-state index in [0.717, 1.165) is 17.7 Å². The molecule has 0 radical (unpaired) electrons. The number of amides is 2. The Bertz CT molecular complexity index is 427. The van der Waals surface area contributed by atoms with Gasteiger partial charge in [-0.3, -0.25) is 14.4 Å². The van der Waals surface area contributed by atoms with Crippen LogP contribution in [0.3, 0.4) is 0 Å². The van der Waals surface area contributed by atoms with Crippen LogP contribution < -0.4 is 5.32 Å². The first-order valence-corrected chi connectivity index (χ1v) is 7.28. The first kappa shape index (κ1) is 14.0. The summed E-state index contributed by atoms with van der Waals surface area (Å²) in [6.07, 6.45) is 2.19. The van der Waals surface area contributed by atoms with Crippen molar-refractivity contribution in [2.45, 2.75) is 32.2 Å². The highest BCUT2D eigenvalue weighted by atomic mass is 32.1. The molecule has 1 aliphatic rings. The molecule has 0 bridgehead atoms. The van der Waals surface area contributed by atoms with Crippen molar-refractivity contribution in [1.29, 1.82) is 0 Å². The second-order valence-electron chi connectivity index (χ2n) is 4.51. The van der Waals surface area contributed by atoms with Gasteiger partial charge in [-0.15, -0.1) is 11.3 Å². The smallest absolute Gasteiger partial charge is 0.248 e. The number of hydrogen-bond donors (Lipinski definition) is 1. The summed E-state index contributed by atoms with van der Waals surface area (Å²) in [7, 11) is 0. The van der Waals surface area contributed by atoms with Crippen LogP contribution in [0.2, 0.25) is 0 Å². The van der Waals surface area contributed by atoms with Crippen molar-refractivity contribution >= 4 is 23.2 Å². The molecule has 1 aromatic rings. The highest BCUT2D eigenvalue weighted by Crippen LogP contribution is 2.23. The van der Waals surface area contributed by atoms with Crippen LogP contribution in [0, 0.1) is 0 Å². The van der Waals surface area contributed by atoms with Gasteiger partial charge >= 0.3 is 0 Å². The molecule has 104 valence electrons. The molecule has 0 spiro atoms. The molecule has 5 nitrogen and oxygen atoms in total. The summed E-state index contributed by atoms with van der Waals surface area (Å²) in [6.45, 7) is 2.69. The van der Waals surface area contributed by atoms with E-state index in [1.807, 2.05) is 17.5 Å². The molecule has 1 N–H and O–H groups in total. The number of hydroxylamine groups is 2. The number of hydrogen-bond acceptors (Lipinski definition) is 4. The molecule has 0 aromatic carbocycles. The van der Waals surface area contributed by atoms with Gasteiger partial charge in [0, 0.05) is 18.3 Å². The second-order valence-corrected chi connectivity index (χ2v) is 5.49. The standard InChI is InChI=1S/C13H18N2O3S/c1-10(16)14-11(12-5-4-8-19-12)9-13(17)15-6-2-3-7-18-15/h4-5,8,11H,2-3,6-7,9H2,1H3,(H,14,16). The first-order chi connectivity index (χ1) is 9.16. The Morgan fingerprint density at radius 1 is 1.53 bits per heavy atom. The molecular weight excluding hydrogens is 264 g/mol. The van der Waals surface area contributed by atoms with E-state index in [2.05, 4.69) is 5.32 Å². The van der Waals surface area contributed by atoms with Crippen LogP contribution in [-0.4, -0.2) is 30.0 Å².